The molecule has 4 rings (SSSR count). The molecule has 0 aromatic heterocycles. The van der Waals surface area contributed by atoms with E-state index in [4.69, 9.17) is 11.5 Å². The molecule has 136 valence electrons. The first-order chi connectivity index (χ1) is 12.8. The van der Waals surface area contributed by atoms with Crippen LogP contribution in [0.4, 0.5) is 0 Å². The molecule has 1 aliphatic rings. The van der Waals surface area contributed by atoms with Gasteiger partial charge in [-0.15, -0.1) is 0 Å². The van der Waals surface area contributed by atoms with Crippen LogP contribution < -0.4 is 11.5 Å². The molecule has 1 heterocycles. The molecular weight excluding hydrogens is 318 g/mol. The van der Waals surface area contributed by atoms with Crippen molar-refractivity contribution in [2.24, 2.45) is 11.5 Å². The van der Waals surface area contributed by atoms with Crippen molar-refractivity contribution in [3.8, 4) is 0 Å². The lowest BCUT2D eigenvalue weighted by atomic mass is 9.82. The van der Waals surface area contributed by atoms with Crippen LogP contribution in [0.3, 0.4) is 0 Å². The molecule has 1 unspecified atom stereocenters. The zero-order valence-electron chi connectivity index (χ0n) is 15.7. The molecule has 3 heteroatoms. The number of fused-ring (bicyclic) bond motifs is 2. The van der Waals surface area contributed by atoms with E-state index < -0.39 is 0 Å². The lowest BCUT2D eigenvalue weighted by molar-refractivity contribution is 0.218. The predicted octanol–water partition coefficient (Wildman–Crippen LogP) is 4.11. The maximum absolute atomic E-state index is 6.28. The molecule has 0 bridgehead atoms. The molecule has 0 saturated carbocycles. The number of hydrogen-bond acceptors (Lipinski definition) is 3. The molecule has 26 heavy (non-hydrogen) atoms. The van der Waals surface area contributed by atoms with Gasteiger partial charge in [-0.25, -0.2) is 0 Å². The van der Waals surface area contributed by atoms with Gasteiger partial charge in [0.15, 0.2) is 0 Å². The summed E-state index contributed by atoms with van der Waals surface area (Å²) < 4.78 is 0. The Morgan fingerprint density at radius 2 is 1.62 bits per heavy atom. The van der Waals surface area contributed by atoms with Crippen LogP contribution in [0.25, 0.3) is 21.5 Å². The van der Waals surface area contributed by atoms with Gasteiger partial charge in [-0.1, -0.05) is 49.4 Å². The minimum Gasteiger partial charge on any atom is -0.326 e. The second-order valence-electron chi connectivity index (χ2n) is 7.41. The minimum absolute atomic E-state index is 0.553. The first kappa shape index (κ1) is 17.5. The third-order valence-electron chi connectivity index (χ3n) is 6.10. The summed E-state index contributed by atoms with van der Waals surface area (Å²) in [5.74, 6) is 0.574. The zero-order chi connectivity index (χ0) is 18.1. The number of likely N-dealkylation sites (N-methyl/N-ethyl adjacent to an activating group) is 1. The van der Waals surface area contributed by atoms with Crippen LogP contribution >= 0.6 is 0 Å². The Balaban J connectivity index is 2.02. The van der Waals surface area contributed by atoms with E-state index in [9.17, 15) is 0 Å². The molecule has 0 aliphatic carbocycles. The van der Waals surface area contributed by atoms with Gasteiger partial charge in [-0.3, -0.25) is 0 Å². The van der Waals surface area contributed by atoms with Gasteiger partial charge in [0.2, 0.25) is 0 Å². The lowest BCUT2D eigenvalue weighted by Gasteiger charge is -2.33. The third-order valence-corrected chi connectivity index (χ3v) is 6.10. The number of likely N-dealkylation sites (tertiary alicyclic amines) is 1. The topological polar surface area (TPSA) is 55.3 Å². The van der Waals surface area contributed by atoms with E-state index in [0.29, 0.717) is 19.0 Å². The highest BCUT2D eigenvalue weighted by molar-refractivity contribution is 6.07. The fourth-order valence-electron chi connectivity index (χ4n) is 4.82. The fourth-order valence-corrected chi connectivity index (χ4v) is 4.82. The molecule has 3 nitrogen and oxygen atoms in total. The maximum Gasteiger partial charge on any atom is 0.0190 e. The van der Waals surface area contributed by atoms with Crippen LogP contribution in [0.15, 0.2) is 42.5 Å². The standard InChI is InChI=1S/C23H29N3/c1-2-26-12-6-7-16(15-26)17-10-5-11-20-21(13-24)18-8-3-4-9-19(18)22(14-25)23(17)20/h3-5,8-11,16H,2,6-7,12-15,24-25H2,1H3. The summed E-state index contributed by atoms with van der Waals surface area (Å²) >= 11 is 0. The summed E-state index contributed by atoms with van der Waals surface area (Å²) in [4.78, 5) is 2.57. The molecule has 0 radical (unpaired) electrons. The van der Waals surface area contributed by atoms with E-state index in [1.807, 2.05) is 0 Å². The minimum atomic E-state index is 0.553. The van der Waals surface area contributed by atoms with Crippen LogP contribution in [-0.2, 0) is 13.1 Å². The molecule has 0 spiro atoms. The number of hydrogen-bond donors (Lipinski definition) is 2. The second kappa shape index (κ2) is 7.36. The number of piperidine rings is 1. The summed E-state index contributed by atoms with van der Waals surface area (Å²) in [7, 11) is 0. The number of nitrogens with two attached hydrogens (primary N) is 2. The Kier molecular flexibility index (Phi) is 4.94. The Labute approximate surface area is 156 Å². The fraction of sp³-hybridized carbons (Fsp3) is 0.391. The summed E-state index contributed by atoms with van der Waals surface area (Å²) in [6.07, 6.45) is 2.52. The average molecular weight is 348 g/mol. The first-order valence-electron chi connectivity index (χ1n) is 9.86. The van der Waals surface area contributed by atoms with Gasteiger partial charge in [-0.05, 0) is 70.1 Å². The smallest absolute Gasteiger partial charge is 0.0190 e. The average Bonchev–Trinajstić information content (AvgIpc) is 2.71. The van der Waals surface area contributed by atoms with Crippen LogP contribution in [0.1, 0.15) is 42.4 Å². The Bertz CT molecular complexity index is 932. The summed E-state index contributed by atoms with van der Waals surface area (Å²) in [6, 6.07) is 15.3. The molecular formula is C23H29N3. The number of rotatable bonds is 4. The van der Waals surface area contributed by atoms with E-state index in [1.165, 1.54) is 57.6 Å². The number of benzene rings is 3. The van der Waals surface area contributed by atoms with Crippen molar-refractivity contribution in [1.82, 2.24) is 4.90 Å². The van der Waals surface area contributed by atoms with E-state index in [0.717, 1.165) is 13.1 Å². The third kappa shape index (κ3) is 2.81. The van der Waals surface area contributed by atoms with Crippen LogP contribution in [0.5, 0.6) is 0 Å². The number of nitrogens with zero attached hydrogens (tertiary/aromatic N) is 1. The highest BCUT2D eigenvalue weighted by atomic mass is 15.1. The normalized spacial score (nSPS) is 18.7. The van der Waals surface area contributed by atoms with E-state index in [2.05, 4.69) is 54.3 Å². The summed E-state index contributed by atoms with van der Waals surface area (Å²) in [5.41, 5.74) is 16.5. The molecule has 3 aromatic carbocycles. The van der Waals surface area contributed by atoms with Crippen molar-refractivity contribution in [3.63, 3.8) is 0 Å². The summed E-state index contributed by atoms with van der Waals surface area (Å²) in [6.45, 7) is 6.86. The van der Waals surface area contributed by atoms with Crippen molar-refractivity contribution in [3.05, 3.63) is 59.2 Å². The van der Waals surface area contributed by atoms with E-state index in [1.54, 1.807) is 0 Å². The van der Waals surface area contributed by atoms with Gasteiger partial charge in [0.25, 0.3) is 0 Å². The van der Waals surface area contributed by atoms with E-state index in [-0.39, 0.29) is 0 Å². The molecule has 1 aliphatic heterocycles. The Morgan fingerprint density at radius 1 is 0.923 bits per heavy atom. The monoisotopic (exact) mass is 347 g/mol. The van der Waals surface area contributed by atoms with Crippen LogP contribution in [0.2, 0.25) is 0 Å². The summed E-state index contributed by atoms with van der Waals surface area (Å²) in [5, 5.41) is 5.16. The molecule has 1 fully saturated rings. The van der Waals surface area contributed by atoms with Crippen molar-refractivity contribution in [2.45, 2.75) is 38.8 Å². The molecule has 4 N–H and O–H groups in total. The predicted molar refractivity (Wildman–Crippen MR) is 111 cm³/mol. The Morgan fingerprint density at radius 3 is 2.31 bits per heavy atom. The molecule has 3 aromatic rings. The highest BCUT2D eigenvalue weighted by Crippen LogP contribution is 2.39. The van der Waals surface area contributed by atoms with Gasteiger partial charge in [0.05, 0.1) is 0 Å². The van der Waals surface area contributed by atoms with Crippen molar-refractivity contribution in [2.75, 3.05) is 19.6 Å². The zero-order valence-corrected chi connectivity index (χ0v) is 15.7. The quantitative estimate of drug-likeness (QED) is 0.698. The highest BCUT2D eigenvalue weighted by Gasteiger charge is 2.24. The van der Waals surface area contributed by atoms with E-state index >= 15 is 0 Å². The van der Waals surface area contributed by atoms with Gasteiger partial charge >= 0.3 is 0 Å². The van der Waals surface area contributed by atoms with Gasteiger partial charge in [-0.2, -0.15) is 0 Å². The van der Waals surface area contributed by atoms with Gasteiger partial charge < -0.3 is 16.4 Å². The molecule has 1 atom stereocenters. The van der Waals surface area contributed by atoms with Gasteiger partial charge in [0.1, 0.15) is 0 Å². The SMILES string of the molecule is CCN1CCCC(c2cccc3c(CN)c4ccccc4c(CN)c23)C1. The molecule has 0 amide bonds. The van der Waals surface area contributed by atoms with Crippen molar-refractivity contribution in [1.29, 1.82) is 0 Å². The van der Waals surface area contributed by atoms with Crippen molar-refractivity contribution >= 4 is 21.5 Å². The Hall–Kier alpha value is -1.94. The lowest BCUT2D eigenvalue weighted by Crippen LogP contribution is -2.34. The van der Waals surface area contributed by atoms with Gasteiger partial charge in [0, 0.05) is 19.6 Å². The first-order valence-corrected chi connectivity index (χ1v) is 9.86. The van der Waals surface area contributed by atoms with Crippen molar-refractivity contribution < 1.29 is 0 Å². The largest absolute Gasteiger partial charge is 0.326 e. The second-order valence-corrected chi connectivity index (χ2v) is 7.41. The molecule has 1 saturated heterocycles. The van der Waals surface area contributed by atoms with Crippen LogP contribution in [0, 0.1) is 0 Å². The van der Waals surface area contributed by atoms with Crippen LogP contribution in [-0.4, -0.2) is 24.5 Å². The maximum atomic E-state index is 6.28.